The zero-order valence-electron chi connectivity index (χ0n) is 14.1. The van der Waals surface area contributed by atoms with Crippen molar-refractivity contribution >= 4 is 35.0 Å². The molecule has 126 valence electrons. The highest BCUT2D eigenvalue weighted by Gasteiger charge is 2.46. The van der Waals surface area contributed by atoms with E-state index in [-0.39, 0.29) is 11.8 Å². The molecule has 1 unspecified atom stereocenters. The fraction of sp³-hybridized carbons (Fsp3) is 0.353. The minimum Gasteiger partial charge on any atom is -0.323 e. The number of rotatable bonds is 3. The summed E-state index contributed by atoms with van der Waals surface area (Å²) in [6.45, 7) is 8.12. The second-order valence-corrected chi connectivity index (χ2v) is 7.36. The lowest BCUT2D eigenvalue weighted by Crippen LogP contribution is -2.49. The summed E-state index contributed by atoms with van der Waals surface area (Å²) in [7, 11) is 0. The van der Waals surface area contributed by atoms with Gasteiger partial charge < -0.3 is 10.6 Å². The van der Waals surface area contributed by atoms with E-state index in [1.54, 1.807) is 6.92 Å². The lowest BCUT2D eigenvalue weighted by Gasteiger charge is -2.31. The summed E-state index contributed by atoms with van der Waals surface area (Å²) in [5.41, 5.74) is 3.04. The molecule has 1 aromatic heterocycles. The van der Waals surface area contributed by atoms with Gasteiger partial charge in [-0.2, -0.15) is 5.10 Å². The summed E-state index contributed by atoms with van der Waals surface area (Å²) < 4.78 is 0.595. The average Bonchev–Trinajstić information content (AvgIpc) is 2.83. The van der Waals surface area contributed by atoms with Crippen LogP contribution in [0.1, 0.15) is 25.2 Å². The van der Waals surface area contributed by atoms with E-state index in [9.17, 15) is 9.59 Å². The highest BCUT2D eigenvalue weighted by atomic mass is 32.2. The smallest absolute Gasteiger partial charge is 0.250 e. The van der Waals surface area contributed by atoms with Gasteiger partial charge in [0.25, 0.3) is 0 Å². The van der Waals surface area contributed by atoms with Gasteiger partial charge in [0.15, 0.2) is 4.75 Å². The van der Waals surface area contributed by atoms with Gasteiger partial charge in [-0.3, -0.25) is 14.3 Å². The molecule has 7 heteroatoms. The van der Waals surface area contributed by atoms with Crippen molar-refractivity contribution in [1.82, 2.24) is 9.78 Å². The molecule has 3 rings (SSSR count). The lowest BCUT2D eigenvalue weighted by molar-refractivity contribution is -0.126. The predicted molar refractivity (Wildman–Crippen MR) is 95.3 cm³/mol. The largest absolute Gasteiger partial charge is 0.323 e. The van der Waals surface area contributed by atoms with Crippen molar-refractivity contribution in [2.24, 2.45) is 0 Å². The number of carbonyl (C=O) groups is 2. The molecule has 0 fully saturated rings. The number of thioether (sulfide) groups is 1. The van der Waals surface area contributed by atoms with E-state index in [0.29, 0.717) is 5.69 Å². The molecular weight excluding hydrogens is 324 g/mol. The molecule has 2 aromatic rings. The van der Waals surface area contributed by atoms with Crippen LogP contribution < -0.4 is 10.6 Å². The zero-order valence-corrected chi connectivity index (χ0v) is 15.0. The Balaban J connectivity index is 1.90. The summed E-state index contributed by atoms with van der Waals surface area (Å²) in [4.78, 5) is 26.3. The Morgan fingerprint density at radius 2 is 2.08 bits per heavy atom. The molecule has 2 amide bonds. The van der Waals surface area contributed by atoms with Gasteiger partial charge >= 0.3 is 0 Å². The van der Waals surface area contributed by atoms with Crippen LogP contribution in [0.15, 0.2) is 29.2 Å². The highest BCUT2D eigenvalue weighted by molar-refractivity contribution is 8.02. The van der Waals surface area contributed by atoms with Crippen molar-refractivity contribution in [3.8, 4) is 0 Å². The fourth-order valence-corrected chi connectivity index (χ4v) is 3.84. The van der Waals surface area contributed by atoms with Crippen LogP contribution in [-0.2, 0) is 16.1 Å². The molecule has 2 N–H and O–H groups in total. The number of aryl methyl sites for hydroxylation is 2. The van der Waals surface area contributed by atoms with Crippen LogP contribution in [0, 0.1) is 13.8 Å². The monoisotopic (exact) mass is 344 g/mol. The quantitative estimate of drug-likeness (QED) is 0.840. The lowest BCUT2D eigenvalue weighted by atomic mass is 10.1. The normalized spacial score (nSPS) is 19.6. The van der Waals surface area contributed by atoms with Crippen molar-refractivity contribution in [3.63, 3.8) is 0 Å². The van der Waals surface area contributed by atoms with E-state index in [2.05, 4.69) is 15.7 Å². The topological polar surface area (TPSA) is 76.0 Å². The van der Waals surface area contributed by atoms with E-state index < -0.39 is 4.75 Å². The molecular formula is C17H20N4O2S. The van der Waals surface area contributed by atoms with E-state index in [1.165, 1.54) is 11.8 Å². The summed E-state index contributed by atoms with van der Waals surface area (Å²) >= 11 is 1.27. The predicted octanol–water partition coefficient (Wildman–Crippen LogP) is 2.96. The molecule has 1 aliphatic rings. The number of nitrogens with zero attached hydrogens (tertiary/aromatic N) is 2. The molecule has 1 atom stereocenters. The number of anilines is 2. The van der Waals surface area contributed by atoms with Gasteiger partial charge in [0.2, 0.25) is 11.8 Å². The molecule has 1 aromatic carbocycles. The number of aromatic nitrogens is 2. The van der Waals surface area contributed by atoms with Gasteiger partial charge in [-0.15, -0.1) is 0 Å². The van der Waals surface area contributed by atoms with Crippen molar-refractivity contribution in [2.75, 3.05) is 10.6 Å². The number of para-hydroxylation sites is 1. The Bertz CT molecular complexity index is 830. The van der Waals surface area contributed by atoms with Gasteiger partial charge in [-0.1, -0.05) is 23.9 Å². The highest BCUT2D eigenvalue weighted by Crippen LogP contribution is 2.43. The molecule has 0 radical (unpaired) electrons. The Labute approximate surface area is 145 Å². The third-order valence-electron chi connectivity index (χ3n) is 4.24. The van der Waals surface area contributed by atoms with E-state index >= 15 is 0 Å². The minimum absolute atomic E-state index is 0.318. The van der Waals surface area contributed by atoms with Crippen LogP contribution in [0.3, 0.4) is 0 Å². The van der Waals surface area contributed by atoms with E-state index in [0.717, 1.165) is 28.5 Å². The zero-order chi connectivity index (χ0) is 17.5. The Kier molecular flexibility index (Phi) is 4.13. The maximum Gasteiger partial charge on any atom is 0.250 e. The van der Waals surface area contributed by atoms with Crippen LogP contribution in [0.4, 0.5) is 11.4 Å². The molecule has 2 heterocycles. The number of benzene rings is 1. The molecule has 0 bridgehead atoms. The summed E-state index contributed by atoms with van der Waals surface area (Å²) in [5.74, 6) is -0.664. The number of fused-ring (bicyclic) bond motifs is 1. The van der Waals surface area contributed by atoms with Gasteiger partial charge in [0, 0.05) is 11.4 Å². The number of carbonyl (C=O) groups excluding carboxylic acids is 2. The molecule has 24 heavy (non-hydrogen) atoms. The maximum absolute atomic E-state index is 12.9. The summed E-state index contributed by atoms with van der Waals surface area (Å²) in [6, 6.07) is 7.48. The van der Waals surface area contributed by atoms with Gasteiger partial charge in [-0.25, -0.2) is 0 Å². The van der Waals surface area contributed by atoms with Crippen LogP contribution in [0.5, 0.6) is 0 Å². The fourth-order valence-electron chi connectivity index (χ4n) is 2.73. The number of amides is 2. The Morgan fingerprint density at radius 1 is 1.38 bits per heavy atom. The van der Waals surface area contributed by atoms with Crippen LogP contribution >= 0.6 is 11.8 Å². The number of nitrogens with one attached hydrogen (secondary N) is 2. The van der Waals surface area contributed by atoms with Crippen molar-refractivity contribution in [3.05, 3.63) is 35.7 Å². The molecule has 0 saturated carbocycles. The van der Waals surface area contributed by atoms with Crippen molar-refractivity contribution in [1.29, 1.82) is 0 Å². The van der Waals surface area contributed by atoms with Gasteiger partial charge in [0.05, 0.1) is 22.8 Å². The summed E-state index contributed by atoms with van der Waals surface area (Å²) in [6.07, 6.45) is 0. The third kappa shape index (κ3) is 2.58. The summed E-state index contributed by atoms with van der Waals surface area (Å²) in [5, 5.41) is 10.1. The van der Waals surface area contributed by atoms with Crippen molar-refractivity contribution < 1.29 is 9.59 Å². The number of hydrogen-bond acceptors (Lipinski definition) is 4. The van der Waals surface area contributed by atoms with E-state index in [1.807, 2.05) is 49.7 Å². The van der Waals surface area contributed by atoms with Gasteiger partial charge in [0.1, 0.15) is 0 Å². The van der Waals surface area contributed by atoms with Crippen LogP contribution in [0.25, 0.3) is 0 Å². The second-order valence-electron chi connectivity index (χ2n) is 5.90. The first-order chi connectivity index (χ1) is 11.4. The molecule has 1 aliphatic heterocycles. The first-order valence-electron chi connectivity index (χ1n) is 7.81. The second kappa shape index (κ2) is 5.98. The van der Waals surface area contributed by atoms with Gasteiger partial charge in [-0.05, 0) is 39.8 Å². The Hall–Kier alpha value is -2.28. The maximum atomic E-state index is 12.9. The SMILES string of the molecule is CCn1nc(C)c(NC(=O)C2(C)Sc3ccccc3NC2=O)c1C. The van der Waals surface area contributed by atoms with Crippen LogP contribution in [-0.4, -0.2) is 26.3 Å². The Morgan fingerprint density at radius 3 is 2.75 bits per heavy atom. The van der Waals surface area contributed by atoms with E-state index in [4.69, 9.17) is 0 Å². The third-order valence-corrected chi connectivity index (χ3v) is 5.59. The molecule has 0 saturated heterocycles. The molecule has 6 nitrogen and oxygen atoms in total. The minimum atomic E-state index is -1.23. The first kappa shape index (κ1) is 16.6. The number of hydrogen-bond donors (Lipinski definition) is 2. The molecule has 0 aliphatic carbocycles. The first-order valence-corrected chi connectivity index (χ1v) is 8.63. The standard InChI is InChI=1S/C17H20N4O2S/c1-5-21-11(3)14(10(2)20-21)19-16(23)17(4)15(22)18-12-8-6-7-9-13(12)24-17/h6-9H,5H2,1-4H3,(H,18,22)(H,19,23). The average molecular weight is 344 g/mol. The molecule has 0 spiro atoms. The van der Waals surface area contributed by atoms with Crippen molar-refractivity contribution in [2.45, 2.75) is 43.9 Å². The van der Waals surface area contributed by atoms with Crippen LogP contribution in [0.2, 0.25) is 0 Å².